The van der Waals surface area contributed by atoms with Gasteiger partial charge in [-0.05, 0) is 24.1 Å². The number of anilines is 1. The molecule has 76 valence electrons. The van der Waals surface area contributed by atoms with Gasteiger partial charge in [-0.15, -0.1) is 0 Å². The molecule has 0 aliphatic carbocycles. The molecule has 15 heavy (non-hydrogen) atoms. The van der Waals surface area contributed by atoms with E-state index in [0.717, 1.165) is 18.2 Å². The second-order valence-corrected chi connectivity index (χ2v) is 2.66. The minimum Gasteiger partial charge on any atom is -0.398 e. The van der Waals surface area contributed by atoms with Crippen LogP contribution < -0.4 is 5.73 Å². The molecule has 0 heterocycles. The summed E-state index contributed by atoms with van der Waals surface area (Å²) < 4.78 is 36.8. The smallest absolute Gasteiger partial charge is 0.398 e. The fourth-order valence-electron chi connectivity index (χ4n) is 0.936. The fourth-order valence-corrected chi connectivity index (χ4v) is 0.936. The standard InChI is InChI=1S/C10H5F3N2/c11-10(12,13)8-3-4-9(15)7(6-8)2-1-5-14/h3-4,6H,15H2. The number of benzene rings is 1. The van der Waals surface area contributed by atoms with Crippen LogP contribution in [0.3, 0.4) is 0 Å². The van der Waals surface area contributed by atoms with Crippen LogP contribution in [0.25, 0.3) is 0 Å². The van der Waals surface area contributed by atoms with Gasteiger partial charge in [0.25, 0.3) is 0 Å². The van der Waals surface area contributed by atoms with Gasteiger partial charge in [-0.2, -0.15) is 18.4 Å². The van der Waals surface area contributed by atoms with Gasteiger partial charge in [0.1, 0.15) is 0 Å². The van der Waals surface area contributed by atoms with Gasteiger partial charge < -0.3 is 5.73 Å². The van der Waals surface area contributed by atoms with Crippen molar-refractivity contribution in [1.82, 2.24) is 0 Å². The largest absolute Gasteiger partial charge is 0.416 e. The number of rotatable bonds is 0. The van der Waals surface area contributed by atoms with Gasteiger partial charge >= 0.3 is 6.18 Å². The van der Waals surface area contributed by atoms with E-state index in [4.69, 9.17) is 11.0 Å². The number of nitrogen functional groups attached to an aromatic ring is 1. The van der Waals surface area contributed by atoms with E-state index in [1.165, 1.54) is 6.07 Å². The quantitative estimate of drug-likeness (QED) is 0.527. The van der Waals surface area contributed by atoms with Crippen molar-refractivity contribution in [1.29, 1.82) is 5.26 Å². The van der Waals surface area contributed by atoms with Gasteiger partial charge in [0.15, 0.2) is 6.07 Å². The Morgan fingerprint density at radius 1 is 1.27 bits per heavy atom. The van der Waals surface area contributed by atoms with Crippen LogP contribution in [-0.4, -0.2) is 0 Å². The average Bonchev–Trinajstić information content (AvgIpc) is 2.15. The van der Waals surface area contributed by atoms with Gasteiger partial charge in [-0.3, -0.25) is 0 Å². The Hall–Kier alpha value is -2.14. The number of nitrogens with two attached hydrogens (primary N) is 1. The van der Waals surface area contributed by atoms with Gasteiger partial charge in [0.2, 0.25) is 0 Å². The van der Waals surface area contributed by atoms with Gasteiger partial charge in [0.05, 0.1) is 5.56 Å². The van der Waals surface area contributed by atoms with Crippen molar-refractivity contribution in [2.75, 3.05) is 5.73 Å². The molecule has 0 spiro atoms. The molecule has 0 aromatic heterocycles. The number of hydrogen-bond donors (Lipinski definition) is 1. The molecule has 1 aromatic carbocycles. The monoisotopic (exact) mass is 210 g/mol. The highest BCUT2D eigenvalue weighted by molar-refractivity contribution is 5.58. The third-order valence-electron chi connectivity index (χ3n) is 1.63. The van der Waals surface area contributed by atoms with E-state index in [9.17, 15) is 13.2 Å². The second kappa shape index (κ2) is 3.93. The van der Waals surface area contributed by atoms with E-state index in [1.807, 2.05) is 5.92 Å². The molecule has 0 aliphatic heterocycles. The lowest BCUT2D eigenvalue weighted by Crippen LogP contribution is -2.05. The first-order valence-corrected chi connectivity index (χ1v) is 3.82. The molecular formula is C10H5F3N2. The van der Waals surface area contributed by atoms with Crippen LogP contribution in [0.1, 0.15) is 11.1 Å². The lowest BCUT2D eigenvalue weighted by molar-refractivity contribution is -0.137. The molecule has 0 unspecified atom stereocenters. The molecule has 2 N–H and O–H groups in total. The number of alkyl halides is 3. The zero-order chi connectivity index (χ0) is 11.5. The third-order valence-corrected chi connectivity index (χ3v) is 1.63. The van der Waals surface area contributed by atoms with Crippen molar-refractivity contribution >= 4 is 5.69 Å². The maximum atomic E-state index is 12.3. The Kier molecular flexibility index (Phi) is 2.87. The van der Waals surface area contributed by atoms with Gasteiger partial charge in [0, 0.05) is 17.2 Å². The summed E-state index contributed by atoms with van der Waals surface area (Å²) >= 11 is 0. The molecule has 0 atom stereocenters. The van der Waals surface area contributed by atoms with Crippen LogP contribution in [0, 0.1) is 23.2 Å². The molecule has 0 aliphatic rings. The van der Waals surface area contributed by atoms with Crippen molar-refractivity contribution in [3.8, 4) is 17.9 Å². The summed E-state index contributed by atoms with van der Waals surface area (Å²) in [6.07, 6.45) is -4.43. The predicted molar refractivity (Wildman–Crippen MR) is 48.3 cm³/mol. The summed E-state index contributed by atoms with van der Waals surface area (Å²) in [5.41, 5.74) is 4.68. The van der Waals surface area contributed by atoms with Crippen molar-refractivity contribution < 1.29 is 13.2 Å². The number of halogens is 3. The Bertz CT molecular complexity index is 472. The molecular weight excluding hydrogens is 205 g/mol. The summed E-state index contributed by atoms with van der Waals surface area (Å²) in [5.74, 6) is 4.23. The van der Waals surface area contributed by atoms with E-state index in [-0.39, 0.29) is 11.3 Å². The predicted octanol–water partition coefficient (Wildman–Crippen LogP) is 2.16. The van der Waals surface area contributed by atoms with Gasteiger partial charge in [-0.1, -0.05) is 0 Å². The van der Waals surface area contributed by atoms with Crippen LogP contribution in [-0.2, 0) is 6.18 Å². The number of nitriles is 1. The van der Waals surface area contributed by atoms with Crippen LogP contribution in [0.15, 0.2) is 18.2 Å². The molecule has 0 saturated carbocycles. The topological polar surface area (TPSA) is 49.8 Å². The third kappa shape index (κ3) is 2.65. The molecule has 1 aromatic rings. The van der Waals surface area contributed by atoms with Crippen LogP contribution in [0.2, 0.25) is 0 Å². The molecule has 2 nitrogen and oxygen atoms in total. The van der Waals surface area contributed by atoms with Crippen molar-refractivity contribution in [3.63, 3.8) is 0 Å². The number of hydrogen-bond acceptors (Lipinski definition) is 2. The van der Waals surface area contributed by atoms with Crippen molar-refractivity contribution in [2.24, 2.45) is 0 Å². The first kappa shape index (κ1) is 10.9. The van der Waals surface area contributed by atoms with E-state index >= 15 is 0 Å². The Labute approximate surface area is 84.1 Å². The van der Waals surface area contributed by atoms with E-state index < -0.39 is 11.7 Å². The SMILES string of the molecule is N#CC#Cc1cc(C(F)(F)F)ccc1N. The highest BCUT2D eigenvalue weighted by Crippen LogP contribution is 2.30. The summed E-state index contributed by atoms with van der Waals surface area (Å²) in [5, 5.41) is 8.16. The Morgan fingerprint density at radius 3 is 2.47 bits per heavy atom. The molecule has 0 fully saturated rings. The summed E-state index contributed by atoms with van der Waals surface area (Å²) in [6.45, 7) is 0. The van der Waals surface area contributed by atoms with Crippen LogP contribution in [0.5, 0.6) is 0 Å². The highest BCUT2D eigenvalue weighted by atomic mass is 19.4. The molecule has 0 bridgehead atoms. The average molecular weight is 210 g/mol. The second-order valence-electron chi connectivity index (χ2n) is 2.66. The summed E-state index contributed by atoms with van der Waals surface area (Å²) in [7, 11) is 0. The summed E-state index contributed by atoms with van der Waals surface area (Å²) in [6, 6.07) is 4.31. The van der Waals surface area contributed by atoms with Crippen molar-refractivity contribution in [2.45, 2.75) is 6.18 Å². The maximum Gasteiger partial charge on any atom is 0.416 e. The maximum absolute atomic E-state index is 12.3. The van der Waals surface area contributed by atoms with Crippen LogP contribution in [0.4, 0.5) is 18.9 Å². The van der Waals surface area contributed by atoms with Crippen molar-refractivity contribution in [3.05, 3.63) is 29.3 Å². The molecule has 0 radical (unpaired) electrons. The molecule has 0 saturated heterocycles. The first-order valence-electron chi connectivity index (χ1n) is 3.82. The normalized spacial score (nSPS) is 10.0. The first-order chi connectivity index (χ1) is 6.95. The molecule has 1 rings (SSSR count). The fraction of sp³-hybridized carbons (Fsp3) is 0.100. The van der Waals surface area contributed by atoms with E-state index in [0.29, 0.717) is 0 Å². The lowest BCUT2D eigenvalue weighted by atomic mass is 10.1. The minimum atomic E-state index is -4.43. The zero-order valence-electron chi connectivity index (χ0n) is 7.39. The zero-order valence-corrected chi connectivity index (χ0v) is 7.39. The van der Waals surface area contributed by atoms with E-state index in [2.05, 4.69) is 5.92 Å². The lowest BCUT2D eigenvalue weighted by Gasteiger charge is -2.07. The molecule has 0 amide bonds. The summed E-state index contributed by atoms with van der Waals surface area (Å²) in [4.78, 5) is 0. The Balaban J connectivity index is 3.24. The number of nitrogens with zero attached hydrogens (tertiary/aromatic N) is 1. The van der Waals surface area contributed by atoms with Crippen LogP contribution >= 0.6 is 0 Å². The highest BCUT2D eigenvalue weighted by Gasteiger charge is 2.30. The molecule has 5 heteroatoms. The minimum absolute atomic E-state index is 0.00590. The van der Waals surface area contributed by atoms with Gasteiger partial charge in [-0.25, -0.2) is 0 Å². The Morgan fingerprint density at radius 2 is 1.93 bits per heavy atom. The van der Waals surface area contributed by atoms with E-state index in [1.54, 1.807) is 0 Å².